The Bertz CT molecular complexity index is 2190. The van der Waals surface area contributed by atoms with E-state index in [0.29, 0.717) is 11.3 Å². The Balaban J connectivity index is 1.56. The summed E-state index contributed by atoms with van der Waals surface area (Å²) >= 11 is 0. The Morgan fingerprint density at radius 1 is 0.553 bits per heavy atom. The summed E-state index contributed by atoms with van der Waals surface area (Å²) in [7, 11) is 0. The molecule has 0 radical (unpaired) electrons. The van der Waals surface area contributed by atoms with Crippen molar-refractivity contribution in [2.24, 2.45) is 0 Å². The third-order valence-corrected chi connectivity index (χ3v) is 7.47. The first-order chi connectivity index (χ1) is 18.8. The monoisotopic (exact) mass is 487 g/mol. The fourth-order valence-electron chi connectivity index (χ4n) is 5.85. The minimum Gasteiger partial charge on any atom is -0.304 e. The summed E-state index contributed by atoms with van der Waals surface area (Å²) in [6, 6.07) is 43.1. The summed E-state index contributed by atoms with van der Waals surface area (Å²) < 4.78 is 3.93. The highest BCUT2D eigenvalue weighted by Crippen LogP contribution is 2.38. The van der Waals surface area contributed by atoms with Gasteiger partial charge in [-0.15, -0.1) is 0 Å². The van der Waals surface area contributed by atoms with Crippen LogP contribution in [0.3, 0.4) is 0 Å². The molecule has 0 aliphatic rings. The normalized spacial score (nSPS) is 11.8. The molecule has 3 heterocycles. The molecule has 5 aromatic carbocycles. The molecule has 0 saturated heterocycles. The van der Waals surface area contributed by atoms with Gasteiger partial charge in [0.25, 0.3) is 5.56 Å². The number of hydrogen-bond acceptors (Lipinski definition) is 2. The predicted octanol–water partition coefficient (Wildman–Crippen LogP) is 7.72. The van der Waals surface area contributed by atoms with Gasteiger partial charge in [0.05, 0.1) is 16.6 Å². The average Bonchev–Trinajstić information content (AvgIpc) is 3.55. The predicted molar refractivity (Wildman–Crippen MR) is 155 cm³/mol. The molecular formula is C34H21N3O. The van der Waals surface area contributed by atoms with Gasteiger partial charge in [-0.05, 0) is 35.4 Å². The van der Waals surface area contributed by atoms with E-state index in [2.05, 4.69) is 59.2 Å². The van der Waals surface area contributed by atoms with Crippen LogP contribution in [0.4, 0.5) is 0 Å². The molecule has 0 atom stereocenters. The second kappa shape index (κ2) is 7.89. The molecule has 38 heavy (non-hydrogen) atoms. The van der Waals surface area contributed by atoms with E-state index in [9.17, 15) is 4.79 Å². The number of nitrogens with zero attached hydrogens (tertiary/aromatic N) is 3. The number of aromatic nitrogens is 3. The standard InChI is InChI=1S/C34H21N3O/c38-34-32-30(27-18-10-19-28-31(27)37(34)33(35-28)23-13-5-2-6-14-23)26-17-7-8-20-29(26)36(32)25-16-9-15-24(21-25)22-11-3-1-4-12-22/h1-21H. The summed E-state index contributed by atoms with van der Waals surface area (Å²) in [5.74, 6) is 0.665. The highest BCUT2D eigenvalue weighted by Gasteiger charge is 2.24. The van der Waals surface area contributed by atoms with Gasteiger partial charge < -0.3 is 4.57 Å². The molecule has 8 rings (SSSR count). The van der Waals surface area contributed by atoms with Crippen LogP contribution in [0.2, 0.25) is 0 Å². The largest absolute Gasteiger partial charge is 0.304 e. The molecule has 0 bridgehead atoms. The van der Waals surface area contributed by atoms with Crippen LogP contribution in [0.5, 0.6) is 0 Å². The van der Waals surface area contributed by atoms with E-state index in [-0.39, 0.29) is 5.56 Å². The van der Waals surface area contributed by atoms with Crippen molar-refractivity contribution in [2.75, 3.05) is 0 Å². The van der Waals surface area contributed by atoms with Crippen LogP contribution in [-0.4, -0.2) is 14.0 Å². The molecule has 0 fully saturated rings. The summed E-state index contributed by atoms with van der Waals surface area (Å²) in [5, 5.41) is 3.05. The number of fused-ring (bicyclic) bond motifs is 4. The van der Waals surface area contributed by atoms with Crippen LogP contribution < -0.4 is 5.56 Å². The smallest absolute Gasteiger partial charge is 0.281 e. The van der Waals surface area contributed by atoms with Crippen molar-refractivity contribution in [3.8, 4) is 28.2 Å². The second-order valence-electron chi connectivity index (χ2n) is 9.61. The summed E-state index contributed by atoms with van der Waals surface area (Å²) in [4.78, 5) is 19.5. The molecule has 0 amide bonds. The molecule has 8 aromatic rings. The number of pyridine rings is 1. The van der Waals surface area contributed by atoms with E-state index in [1.54, 1.807) is 4.40 Å². The van der Waals surface area contributed by atoms with E-state index >= 15 is 0 Å². The number of rotatable bonds is 3. The van der Waals surface area contributed by atoms with Gasteiger partial charge in [-0.1, -0.05) is 103 Å². The first-order valence-electron chi connectivity index (χ1n) is 12.7. The van der Waals surface area contributed by atoms with Crippen LogP contribution in [0.15, 0.2) is 132 Å². The highest BCUT2D eigenvalue weighted by molar-refractivity contribution is 6.22. The maximum absolute atomic E-state index is 14.6. The lowest BCUT2D eigenvalue weighted by molar-refractivity contribution is 1.09. The third kappa shape index (κ3) is 2.86. The molecular weight excluding hydrogens is 466 g/mol. The van der Waals surface area contributed by atoms with E-state index in [1.807, 2.05) is 72.8 Å². The number of imidazole rings is 1. The van der Waals surface area contributed by atoms with Crippen molar-refractivity contribution < 1.29 is 0 Å². The van der Waals surface area contributed by atoms with Crippen molar-refractivity contribution in [3.63, 3.8) is 0 Å². The molecule has 178 valence electrons. The fraction of sp³-hybridized carbons (Fsp3) is 0. The molecule has 0 N–H and O–H groups in total. The van der Waals surface area contributed by atoms with Gasteiger partial charge in [0, 0.05) is 27.4 Å². The minimum atomic E-state index is -0.0682. The quantitative estimate of drug-likeness (QED) is 0.256. The Morgan fingerprint density at radius 2 is 1.21 bits per heavy atom. The lowest BCUT2D eigenvalue weighted by atomic mass is 10.1. The lowest BCUT2D eigenvalue weighted by Crippen LogP contribution is -2.17. The van der Waals surface area contributed by atoms with Crippen molar-refractivity contribution >= 4 is 38.2 Å². The van der Waals surface area contributed by atoms with Gasteiger partial charge in [0.1, 0.15) is 11.3 Å². The number of benzene rings is 5. The maximum Gasteiger partial charge on any atom is 0.281 e. The first kappa shape index (κ1) is 20.9. The topological polar surface area (TPSA) is 39.3 Å². The maximum atomic E-state index is 14.6. The van der Waals surface area contributed by atoms with E-state index in [1.165, 1.54) is 0 Å². The van der Waals surface area contributed by atoms with Gasteiger partial charge in [0.15, 0.2) is 0 Å². The van der Waals surface area contributed by atoms with Crippen LogP contribution in [0.25, 0.3) is 66.4 Å². The van der Waals surface area contributed by atoms with E-state index in [0.717, 1.165) is 55.1 Å². The van der Waals surface area contributed by atoms with Crippen LogP contribution in [0, 0.1) is 0 Å². The number of para-hydroxylation sites is 2. The third-order valence-electron chi connectivity index (χ3n) is 7.47. The van der Waals surface area contributed by atoms with Crippen molar-refractivity contribution in [1.82, 2.24) is 14.0 Å². The SMILES string of the molecule is O=c1c2c(c3ccccc3n2-c2cccc(-c3ccccc3)c2)c2cccc3nc(-c4ccccc4)n1c32. The van der Waals surface area contributed by atoms with Gasteiger partial charge in [-0.2, -0.15) is 0 Å². The molecule has 0 spiro atoms. The Kier molecular flexibility index (Phi) is 4.34. The molecule has 4 heteroatoms. The molecule has 0 aliphatic heterocycles. The van der Waals surface area contributed by atoms with Crippen molar-refractivity contribution in [3.05, 3.63) is 138 Å². The summed E-state index contributed by atoms with van der Waals surface area (Å²) in [5.41, 5.74) is 7.40. The zero-order valence-electron chi connectivity index (χ0n) is 20.4. The molecule has 0 unspecified atom stereocenters. The number of hydrogen-bond donors (Lipinski definition) is 0. The van der Waals surface area contributed by atoms with Gasteiger partial charge in [-0.3, -0.25) is 9.20 Å². The van der Waals surface area contributed by atoms with E-state index in [4.69, 9.17) is 4.98 Å². The second-order valence-corrected chi connectivity index (χ2v) is 9.61. The van der Waals surface area contributed by atoms with Gasteiger partial charge >= 0.3 is 0 Å². The van der Waals surface area contributed by atoms with Crippen LogP contribution >= 0.6 is 0 Å². The zero-order valence-corrected chi connectivity index (χ0v) is 20.4. The van der Waals surface area contributed by atoms with Crippen LogP contribution in [0.1, 0.15) is 0 Å². The molecule has 0 aliphatic carbocycles. The van der Waals surface area contributed by atoms with Crippen LogP contribution in [-0.2, 0) is 0 Å². The van der Waals surface area contributed by atoms with Crippen molar-refractivity contribution in [2.45, 2.75) is 0 Å². The lowest BCUT2D eigenvalue weighted by Gasteiger charge is -2.11. The fourth-order valence-corrected chi connectivity index (χ4v) is 5.85. The Morgan fingerprint density at radius 3 is 2.03 bits per heavy atom. The first-order valence-corrected chi connectivity index (χ1v) is 12.7. The minimum absolute atomic E-state index is 0.0682. The van der Waals surface area contributed by atoms with Gasteiger partial charge in [0.2, 0.25) is 0 Å². The highest BCUT2D eigenvalue weighted by atomic mass is 16.1. The molecule has 3 aromatic heterocycles. The summed E-state index contributed by atoms with van der Waals surface area (Å²) in [6.07, 6.45) is 0. The molecule has 4 nitrogen and oxygen atoms in total. The molecule has 0 saturated carbocycles. The Hall–Kier alpha value is -5.22. The van der Waals surface area contributed by atoms with Crippen molar-refractivity contribution in [1.29, 1.82) is 0 Å². The van der Waals surface area contributed by atoms with E-state index < -0.39 is 0 Å². The zero-order chi connectivity index (χ0) is 25.2. The van der Waals surface area contributed by atoms with Gasteiger partial charge in [-0.25, -0.2) is 4.98 Å². The Labute approximate surface area is 218 Å². The average molecular weight is 488 g/mol. The summed E-state index contributed by atoms with van der Waals surface area (Å²) in [6.45, 7) is 0.